The van der Waals surface area contributed by atoms with Crippen molar-refractivity contribution in [2.75, 3.05) is 6.54 Å². The molecule has 0 saturated heterocycles. The highest BCUT2D eigenvalue weighted by Crippen LogP contribution is 2.46. The first kappa shape index (κ1) is 11.4. The van der Waals surface area contributed by atoms with Crippen molar-refractivity contribution in [2.24, 2.45) is 16.1 Å². The summed E-state index contributed by atoms with van der Waals surface area (Å²) in [5.74, 6) is 0.826. The second-order valence-corrected chi connectivity index (χ2v) is 7.02. The minimum atomic E-state index is 0.291. The van der Waals surface area contributed by atoms with Crippen LogP contribution in [0.25, 0.3) is 0 Å². The maximum atomic E-state index is 6.12. The van der Waals surface area contributed by atoms with Crippen molar-refractivity contribution in [3.63, 3.8) is 0 Å². The number of hydrogen-bond acceptors (Lipinski definition) is 3. The molecule has 0 radical (unpaired) electrons. The number of nitrogens with two attached hydrogens (primary N) is 1. The first-order valence-corrected chi connectivity index (χ1v) is 7.12. The summed E-state index contributed by atoms with van der Waals surface area (Å²) in [6.07, 6.45) is 9.21. The van der Waals surface area contributed by atoms with Crippen molar-refractivity contribution < 1.29 is 0 Å². The van der Waals surface area contributed by atoms with Crippen LogP contribution in [0.2, 0.25) is 0 Å². The Morgan fingerprint density at radius 1 is 1.18 bits per heavy atom. The Kier molecular flexibility index (Phi) is 2.43. The van der Waals surface area contributed by atoms with Crippen LogP contribution in [0.3, 0.4) is 0 Å². The highest BCUT2D eigenvalue weighted by atomic mass is 15.4. The lowest BCUT2D eigenvalue weighted by Crippen LogP contribution is -2.52. The number of aliphatic imine (C=N–C) groups is 1. The molecule has 2 aliphatic carbocycles. The Balaban J connectivity index is 1.81. The van der Waals surface area contributed by atoms with Crippen LogP contribution < -0.4 is 5.73 Å². The zero-order valence-corrected chi connectivity index (χ0v) is 11.2. The number of rotatable bonds is 1. The van der Waals surface area contributed by atoms with Gasteiger partial charge in [-0.3, -0.25) is 4.99 Å². The third kappa shape index (κ3) is 1.94. The summed E-state index contributed by atoms with van der Waals surface area (Å²) in [6, 6.07) is 0.711. The van der Waals surface area contributed by atoms with Crippen LogP contribution in [-0.4, -0.2) is 29.0 Å². The molecule has 3 heteroatoms. The first-order chi connectivity index (χ1) is 8.03. The monoisotopic (exact) mass is 235 g/mol. The Morgan fingerprint density at radius 2 is 1.94 bits per heavy atom. The lowest BCUT2D eigenvalue weighted by Gasteiger charge is -2.39. The second kappa shape index (κ2) is 3.63. The molecule has 1 aliphatic heterocycles. The van der Waals surface area contributed by atoms with Gasteiger partial charge < -0.3 is 10.6 Å². The van der Waals surface area contributed by atoms with Crippen molar-refractivity contribution in [1.29, 1.82) is 0 Å². The zero-order chi connectivity index (χ0) is 12.1. The molecule has 1 atom stereocenters. The minimum Gasteiger partial charge on any atom is -0.370 e. The molecule has 1 spiro atoms. The van der Waals surface area contributed by atoms with Crippen LogP contribution in [0, 0.1) is 5.41 Å². The van der Waals surface area contributed by atoms with Gasteiger partial charge in [-0.2, -0.15) is 0 Å². The summed E-state index contributed by atoms with van der Waals surface area (Å²) in [7, 11) is 0. The summed E-state index contributed by atoms with van der Waals surface area (Å²) in [6.45, 7) is 5.77. The van der Waals surface area contributed by atoms with Crippen molar-refractivity contribution >= 4 is 5.96 Å². The van der Waals surface area contributed by atoms with E-state index in [2.05, 4.69) is 23.7 Å². The molecule has 17 heavy (non-hydrogen) atoms. The van der Waals surface area contributed by atoms with E-state index in [0.717, 1.165) is 12.5 Å². The Bertz CT molecular complexity index is 343. The molecule has 2 saturated carbocycles. The lowest BCUT2D eigenvalue weighted by molar-refractivity contribution is 0.161. The number of hydrogen-bond donors (Lipinski definition) is 1. The fraction of sp³-hybridized carbons (Fsp3) is 0.929. The van der Waals surface area contributed by atoms with Gasteiger partial charge in [-0.25, -0.2) is 0 Å². The highest BCUT2D eigenvalue weighted by Gasteiger charge is 2.49. The number of nitrogens with zero attached hydrogens (tertiary/aromatic N) is 2. The average Bonchev–Trinajstić information content (AvgIpc) is 3.03. The summed E-state index contributed by atoms with van der Waals surface area (Å²) in [4.78, 5) is 7.06. The van der Waals surface area contributed by atoms with E-state index >= 15 is 0 Å². The average molecular weight is 235 g/mol. The molecule has 3 nitrogen and oxygen atoms in total. The van der Waals surface area contributed by atoms with Gasteiger partial charge in [0.15, 0.2) is 5.96 Å². The van der Waals surface area contributed by atoms with Gasteiger partial charge in [0.1, 0.15) is 0 Å². The minimum absolute atomic E-state index is 0.291. The third-order valence-corrected chi connectivity index (χ3v) is 4.97. The van der Waals surface area contributed by atoms with E-state index in [1.807, 2.05) is 0 Å². The fourth-order valence-electron chi connectivity index (χ4n) is 3.65. The van der Waals surface area contributed by atoms with Gasteiger partial charge in [-0.1, -0.05) is 20.3 Å². The molecule has 0 aromatic heterocycles. The van der Waals surface area contributed by atoms with Gasteiger partial charge in [0.25, 0.3) is 0 Å². The molecule has 1 unspecified atom stereocenters. The van der Waals surface area contributed by atoms with E-state index < -0.39 is 0 Å². The van der Waals surface area contributed by atoms with Crippen LogP contribution >= 0.6 is 0 Å². The summed E-state index contributed by atoms with van der Waals surface area (Å²) in [5.41, 5.74) is 6.92. The zero-order valence-electron chi connectivity index (χ0n) is 11.2. The third-order valence-electron chi connectivity index (χ3n) is 4.97. The van der Waals surface area contributed by atoms with Crippen molar-refractivity contribution in [3.05, 3.63) is 0 Å². The van der Waals surface area contributed by atoms with Gasteiger partial charge in [0.05, 0.1) is 12.1 Å². The van der Waals surface area contributed by atoms with E-state index in [1.54, 1.807) is 0 Å². The molecule has 0 aromatic rings. The molecular weight excluding hydrogens is 210 g/mol. The maximum absolute atomic E-state index is 6.12. The van der Waals surface area contributed by atoms with Crippen LogP contribution in [0.1, 0.15) is 58.8 Å². The van der Waals surface area contributed by atoms with E-state index in [1.165, 1.54) is 44.9 Å². The molecule has 2 fully saturated rings. The Morgan fingerprint density at radius 3 is 2.65 bits per heavy atom. The molecular formula is C14H25N3. The Hall–Kier alpha value is -0.730. The van der Waals surface area contributed by atoms with Gasteiger partial charge >= 0.3 is 0 Å². The molecule has 96 valence electrons. The summed E-state index contributed by atoms with van der Waals surface area (Å²) < 4.78 is 0. The van der Waals surface area contributed by atoms with Gasteiger partial charge in [0, 0.05) is 6.04 Å². The topological polar surface area (TPSA) is 41.6 Å². The van der Waals surface area contributed by atoms with Gasteiger partial charge in [-0.05, 0) is 43.9 Å². The van der Waals surface area contributed by atoms with Crippen molar-refractivity contribution in [2.45, 2.75) is 70.4 Å². The van der Waals surface area contributed by atoms with Crippen molar-refractivity contribution in [3.8, 4) is 0 Å². The molecule has 0 bridgehead atoms. The SMILES string of the molecule is CC1(C)CCCC2(CC1)CN=C(N)N2C1CC1. The molecule has 0 amide bonds. The van der Waals surface area contributed by atoms with Gasteiger partial charge in [0.2, 0.25) is 0 Å². The molecule has 0 aromatic carbocycles. The maximum Gasteiger partial charge on any atom is 0.192 e. The van der Waals surface area contributed by atoms with Crippen LogP contribution in [0.4, 0.5) is 0 Å². The number of guanidine groups is 1. The highest BCUT2D eigenvalue weighted by molar-refractivity contribution is 5.81. The predicted molar refractivity (Wildman–Crippen MR) is 70.9 cm³/mol. The summed E-state index contributed by atoms with van der Waals surface area (Å²) >= 11 is 0. The quantitative estimate of drug-likeness (QED) is 0.758. The summed E-state index contributed by atoms with van der Waals surface area (Å²) in [5, 5.41) is 0. The first-order valence-electron chi connectivity index (χ1n) is 7.12. The molecule has 3 rings (SSSR count). The van der Waals surface area contributed by atoms with E-state index in [9.17, 15) is 0 Å². The van der Waals surface area contributed by atoms with E-state index in [-0.39, 0.29) is 0 Å². The van der Waals surface area contributed by atoms with Crippen molar-refractivity contribution in [1.82, 2.24) is 4.90 Å². The predicted octanol–water partition coefficient (Wildman–Crippen LogP) is 2.51. The molecule has 2 N–H and O–H groups in total. The van der Waals surface area contributed by atoms with Crippen LogP contribution in [-0.2, 0) is 0 Å². The fourth-order valence-corrected chi connectivity index (χ4v) is 3.65. The second-order valence-electron chi connectivity index (χ2n) is 7.02. The Labute approximate surface area is 104 Å². The standard InChI is InChI=1S/C14H25N3/c1-13(2)6-3-7-14(9-8-13)10-16-12(15)17(14)11-4-5-11/h11H,3-10H2,1-2H3,(H2,15,16). The largest absolute Gasteiger partial charge is 0.370 e. The van der Waals surface area contributed by atoms with E-state index in [4.69, 9.17) is 5.73 Å². The molecule has 1 heterocycles. The smallest absolute Gasteiger partial charge is 0.192 e. The molecule has 3 aliphatic rings. The normalized spacial score (nSPS) is 37.1. The van der Waals surface area contributed by atoms with Crippen LogP contribution in [0.5, 0.6) is 0 Å². The van der Waals surface area contributed by atoms with Crippen LogP contribution in [0.15, 0.2) is 4.99 Å². The lowest BCUT2D eigenvalue weighted by atomic mass is 9.83. The van der Waals surface area contributed by atoms with Gasteiger partial charge in [-0.15, -0.1) is 0 Å². The van der Waals surface area contributed by atoms with E-state index in [0.29, 0.717) is 17.0 Å².